The Morgan fingerprint density at radius 1 is 0.942 bits per heavy atom. The fourth-order valence-electron chi connectivity index (χ4n) is 6.75. The van der Waals surface area contributed by atoms with E-state index in [1.165, 1.54) is 4.68 Å². The van der Waals surface area contributed by atoms with E-state index in [1.807, 2.05) is 42.1 Å². The zero-order valence-corrected chi connectivity index (χ0v) is 30.7. The van der Waals surface area contributed by atoms with Crippen LogP contribution in [0.1, 0.15) is 85.9 Å². The molecule has 6 rings (SSSR count). The molecule has 0 bridgehead atoms. The van der Waals surface area contributed by atoms with Gasteiger partial charge in [0.05, 0.1) is 38.3 Å². The van der Waals surface area contributed by atoms with Crippen molar-refractivity contribution in [3.63, 3.8) is 0 Å². The predicted molar refractivity (Wildman–Crippen MR) is 195 cm³/mol. The number of aromatic nitrogens is 7. The van der Waals surface area contributed by atoms with E-state index in [0.29, 0.717) is 56.3 Å². The second kappa shape index (κ2) is 18.4. The van der Waals surface area contributed by atoms with Crippen LogP contribution in [0.25, 0.3) is 11.1 Å². The van der Waals surface area contributed by atoms with Crippen molar-refractivity contribution < 1.29 is 23.8 Å². The smallest absolute Gasteiger partial charge is 0.270 e. The molecular weight excluding hydrogens is 662 g/mol. The Hall–Kier alpha value is -4.40. The molecule has 0 unspecified atom stereocenters. The molecule has 3 N–H and O–H groups in total. The maximum Gasteiger partial charge on any atom is 0.270 e. The molecule has 2 amide bonds. The molecule has 3 aromatic heterocycles. The van der Waals surface area contributed by atoms with Gasteiger partial charge in [0.25, 0.3) is 5.91 Å². The Kier molecular flexibility index (Phi) is 13.2. The summed E-state index contributed by atoms with van der Waals surface area (Å²) in [4.78, 5) is 27.0. The first-order valence-electron chi connectivity index (χ1n) is 18.8. The van der Waals surface area contributed by atoms with Gasteiger partial charge in [0.15, 0.2) is 0 Å². The molecule has 0 aliphatic heterocycles. The molecule has 14 heteroatoms. The number of H-pyrrole nitrogens is 1. The number of carbonyl (C=O) groups is 2. The van der Waals surface area contributed by atoms with Crippen molar-refractivity contribution >= 4 is 17.5 Å². The molecule has 2 aliphatic carbocycles. The standard InChI is InChI=1S/C38H53N9O5/c1-4-5-19-50-21-22-52-24-31-23-47(45-43-31)18-6-7-20-51-25-32-34(26(2)42-44-32)27-12-14-30(15-13-27)40-38(49)36(35(28-8-9-28)29-10-11-29)41-37(48)33-16-17-39-46(33)3/h12-17,23,28-29,35-36H,4-11,18-22,24-25H2,1-3H3,(H,40,49)(H,41,48)(H,42,44)/t36-/m0/s1. The van der Waals surface area contributed by atoms with E-state index < -0.39 is 6.04 Å². The highest BCUT2D eigenvalue weighted by Gasteiger charge is 2.48. The zero-order chi connectivity index (χ0) is 36.3. The number of hydrogen-bond donors (Lipinski definition) is 3. The van der Waals surface area contributed by atoms with Crippen LogP contribution in [-0.4, -0.2) is 79.3 Å². The molecule has 2 fully saturated rings. The minimum atomic E-state index is -0.610. The van der Waals surface area contributed by atoms with Gasteiger partial charge in [-0.25, -0.2) is 0 Å². The van der Waals surface area contributed by atoms with E-state index in [0.717, 1.165) is 92.7 Å². The number of unbranched alkanes of at least 4 members (excludes halogenated alkanes) is 2. The third-order valence-electron chi connectivity index (χ3n) is 9.82. The first kappa shape index (κ1) is 37.4. The van der Waals surface area contributed by atoms with Crippen LogP contribution >= 0.6 is 0 Å². The number of aryl methyl sites for hydroxylation is 3. The van der Waals surface area contributed by atoms with Gasteiger partial charge in [0, 0.05) is 49.9 Å². The van der Waals surface area contributed by atoms with Crippen LogP contribution in [-0.2, 0) is 45.8 Å². The van der Waals surface area contributed by atoms with Crippen molar-refractivity contribution in [1.82, 2.24) is 40.3 Å². The largest absolute Gasteiger partial charge is 0.379 e. The molecule has 3 heterocycles. The highest BCUT2D eigenvalue weighted by Crippen LogP contribution is 2.51. The van der Waals surface area contributed by atoms with Crippen molar-refractivity contribution in [2.45, 2.75) is 91.0 Å². The number of carbonyl (C=O) groups excluding carboxylic acids is 2. The molecule has 2 saturated carbocycles. The van der Waals surface area contributed by atoms with Gasteiger partial charge in [-0.05, 0) is 93.4 Å². The van der Waals surface area contributed by atoms with E-state index >= 15 is 0 Å². The summed E-state index contributed by atoms with van der Waals surface area (Å²) in [5.74, 6) is 0.620. The lowest BCUT2D eigenvalue weighted by Gasteiger charge is -2.27. The highest BCUT2D eigenvalue weighted by atomic mass is 16.5. The number of anilines is 1. The van der Waals surface area contributed by atoms with Crippen LogP contribution < -0.4 is 10.6 Å². The fraction of sp³-hybridized carbons (Fsp3) is 0.579. The van der Waals surface area contributed by atoms with Crippen LogP contribution in [0.15, 0.2) is 42.7 Å². The average Bonchev–Trinajstić information content (AvgIpc) is 4.04. The summed E-state index contributed by atoms with van der Waals surface area (Å²) < 4.78 is 20.5. The number of benzene rings is 1. The number of rotatable bonds is 23. The normalized spacial score (nSPS) is 14.9. The number of ether oxygens (including phenoxy) is 3. The SMILES string of the molecule is CCCCOCCOCc1cn(CCCCOCc2n[nH]c(C)c2-c2ccc(NC(=O)[C@@H](NC(=O)c3ccnn3C)C(C3CC3)C3CC3)cc2)nn1. The van der Waals surface area contributed by atoms with E-state index in [9.17, 15) is 9.59 Å². The van der Waals surface area contributed by atoms with E-state index in [1.54, 1.807) is 19.3 Å². The van der Waals surface area contributed by atoms with E-state index in [2.05, 4.69) is 43.2 Å². The lowest BCUT2D eigenvalue weighted by Crippen LogP contribution is -2.50. The third-order valence-corrected chi connectivity index (χ3v) is 9.82. The van der Waals surface area contributed by atoms with Gasteiger partial charge >= 0.3 is 0 Å². The van der Waals surface area contributed by atoms with Gasteiger partial charge < -0.3 is 24.8 Å². The van der Waals surface area contributed by atoms with Gasteiger partial charge in [0.1, 0.15) is 17.4 Å². The lowest BCUT2D eigenvalue weighted by atomic mass is 9.88. The first-order valence-corrected chi connectivity index (χ1v) is 18.8. The Morgan fingerprint density at radius 2 is 1.67 bits per heavy atom. The van der Waals surface area contributed by atoms with Crippen LogP contribution in [0.5, 0.6) is 0 Å². The number of aromatic amines is 1. The average molecular weight is 716 g/mol. The number of nitrogens with one attached hydrogen (secondary N) is 3. The molecule has 1 aromatic carbocycles. The van der Waals surface area contributed by atoms with Crippen LogP contribution in [0.2, 0.25) is 0 Å². The summed E-state index contributed by atoms with van der Waals surface area (Å²) in [6.07, 6.45) is 11.9. The quantitative estimate of drug-likeness (QED) is 0.0875. The number of hydrogen-bond acceptors (Lipinski definition) is 9. The van der Waals surface area contributed by atoms with Gasteiger partial charge in [-0.2, -0.15) is 10.2 Å². The second-order valence-electron chi connectivity index (χ2n) is 14.0. The Morgan fingerprint density at radius 3 is 2.38 bits per heavy atom. The molecule has 280 valence electrons. The Labute approximate surface area is 305 Å². The molecule has 0 spiro atoms. The topological polar surface area (TPSA) is 163 Å². The fourth-order valence-corrected chi connectivity index (χ4v) is 6.75. The lowest BCUT2D eigenvalue weighted by molar-refractivity contribution is -0.119. The second-order valence-corrected chi connectivity index (χ2v) is 14.0. The first-order chi connectivity index (χ1) is 25.4. The van der Waals surface area contributed by atoms with Gasteiger partial charge in [-0.3, -0.25) is 24.1 Å². The predicted octanol–water partition coefficient (Wildman–Crippen LogP) is 5.21. The van der Waals surface area contributed by atoms with Crippen molar-refractivity contribution in [2.75, 3.05) is 31.7 Å². The summed E-state index contributed by atoms with van der Waals surface area (Å²) in [6.45, 7) is 8.22. The Balaban J connectivity index is 0.958. The maximum atomic E-state index is 13.8. The minimum absolute atomic E-state index is 0.138. The number of nitrogens with zero attached hydrogens (tertiary/aromatic N) is 6. The van der Waals surface area contributed by atoms with Gasteiger partial charge in [-0.15, -0.1) is 5.10 Å². The molecule has 2 aliphatic rings. The van der Waals surface area contributed by atoms with Crippen molar-refractivity contribution in [3.05, 3.63) is 65.5 Å². The zero-order valence-electron chi connectivity index (χ0n) is 30.7. The highest BCUT2D eigenvalue weighted by molar-refractivity contribution is 6.01. The molecular formula is C38H53N9O5. The van der Waals surface area contributed by atoms with Gasteiger partial charge in [0.2, 0.25) is 5.91 Å². The Bertz CT molecular complexity index is 1710. The maximum absolute atomic E-state index is 13.8. The number of amides is 2. The molecule has 14 nitrogen and oxygen atoms in total. The minimum Gasteiger partial charge on any atom is -0.379 e. The van der Waals surface area contributed by atoms with Crippen molar-refractivity contribution in [3.8, 4) is 11.1 Å². The summed E-state index contributed by atoms with van der Waals surface area (Å²) >= 11 is 0. The summed E-state index contributed by atoms with van der Waals surface area (Å²) in [5, 5.41) is 26.3. The summed E-state index contributed by atoms with van der Waals surface area (Å²) in [7, 11) is 1.73. The van der Waals surface area contributed by atoms with Gasteiger partial charge in [-0.1, -0.05) is 30.7 Å². The molecule has 0 radical (unpaired) electrons. The molecule has 4 aromatic rings. The molecule has 52 heavy (non-hydrogen) atoms. The van der Waals surface area contributed by atoms with Crippen LogP contribution in [0.4, 0.5) is 5.69 Å². The van der Waals surface area contributed by atoms with Crippen molar-refractivity contribution in [2.24, 2.45) is 24.8 Å². The van der Waals surface area contributed by atoms with E-state index in [4.69, 9.17) is 14.2 Å². The van der Waals surface area contributed by atoms with E-state index in [-0.39, 0.29) is 17.7 Å². The van der Waals surface area contributed by atoms with Crippen LogP contribution in [0, 0.1) is 24.7 Å². The summed E-state index contributed by atoms with van der Waals surface area (Å²) in [6, 6.07) is 8.83. The molecule has 1 atom stereocenters. The van der Waals surface area contributed by atoms with Crippen LogP contribution in [0.3, 0.4) is 0 Å². The van der Waals surface area contributed by atoms with Crippen molar-refractivity contribution in [1.29, 1.82) is 0 Å². The third kappa shape index (κ3) is 10.4. The summed E-state index contributed by atoms with van der Waals surface area (Å²) in [5.41, 5.74) is 5.68. The molecule has 0 saturated heterocycles. The monoisotopic (exact) mass is 715 g/mol.